The molecule has 0 unspecified atom stereocenters. The second-order valence-electron chi connectivity index (χ2n) is 8.83. The smallest absolute Gasteiger partial charge is 0.330 e. The summed E-state index contributed by atoms with van der Waals surface area (Å²) in [6.07, 6.45) is 0.388. The molecule has 0 saturated heterocycles. The number of nitrogens with zero attached hydrogens (tertiary/aromatic N) is 3. The number of fused-ring (bicyclic) bond motifs is 1. The summed E-state index contributed by atoms with van der Waals surface area (Å²) >= 11 is 0. The topological polar surface area (TPSA) is 157 Å². The third-order valence-electron chi connectivity index (χ3n) is 5.86. The summed E-state index contributed by atoms with van der Waals surface area (Å²) in [5.74, 6) is -1.02. The third-order valence-corrected chi connectivity index (χ3v) is 5.86. The summed E-state index contributed by atoms with van der Waals surface area (Å²) < 4.78 is 6.38. The van der Waals surface area contributed by atoms with Crippen molar-refractivity contribution >= 4 is 23.3 Å². The lowest BCUT2D eigenvalue weighted by Crippen LogP contribution is -2.53. The van der Waals surface area contributed by atoms with Crippen molar-refractivity contribution in [2.75, 3.05) is 37.4 Å². The van der Waals surface area contributed by atoms with Gasteiger partial charge in [0.15, 0.2) is 5.69 Å². The van der Waals surface area contributed by atoms with E-state index in [1.807, 2.05) is 38.1 Å². The molecule has 1 aromatic heterocycles. The van der Waals surface area contributed by atoms with Gasteiger partial charge in [0.2, 0.25) is 11.8 Å². The van der Waals surface area contributed by atoms with Gasteiger partial charge in [-0.15, -0.1) is 0 Å². The molecule has 0 aliphatic carbocycles. The van der Waals surface area contributed by atoms with Crippen LogP contribution in [0.4, 0.5) is 11.5 Å². The summed E-state index contributed by atoms with van der Waals surface area (Å²) in [7, 11) is 1.47. The maximum atomic E-state index is 13.5. The Morgan fingerprint density at radius 3 is 2.53 bits per heavy atom. The molecule has 5 N–H and O–H groups in total. The quantitative estimate of drug-likeness (QED) is 0.451. The Morgan fingerprint density at radius 2 is 1.91 bits per heavy atom. The van der Waals surface area contributed by atoms with Crippen LogP contribution >= 0.6 is 0 Å². The number of carbonyl (C=O) groups is 2. The minimum absolute atomic E-state index is 0.0359. The largest absolute Gasteiger partial charge is 0.383 e. The number of methoxy groups -OCH3 is 1. The minimum atomic E-state index is -0.762. The Hall–Kier alpha value is -3.44. The van der Waals surface area contributed by atoms with Crippen LogP contribution < -0.4 is 27.6 Å². The van der Waals surface area contributed by atoms with E-state index in [-0.39, 0.29) is 43.7 Å². The zero-order valence-corrected chi connectivity index (χ0v) is 19.7. The molecule has 0 fully saturated rings. The van der Waals surface area contributed by atoms with Crippen molar-refractivity contribution in [3.05, 3.63) is 56.2 Å². The van der Waals surface area contributed by atoms with E-state index < -0.39 is 29.1 Å². The van der Waals surface area contributed by atoms with Gasteiger partial charge in [-0.3, -0.25) is 28.8 Å². The number of H-pyrrole nitrogens is 1. The lowest BCUT2D eigenvalue weighted by atomic mass is 9.93. The third kappa shape index (κ3) is 5.37. The number of anilines is 2. The molecule has 0 saturated carbocycles. The summed E-state index contributed by atoms with van der Waals surface area (Å²) in [4.78, 5) is 56.0. The van der Waals surface area contributed by atoms with Crippen molar-refractivity contribution in [2.45, 2.75) is 39.4 Å². The van der Waals surface area contributed by atoms with E-state index in [0.717, 1.165) is 11.1 Å². The fourth-order valence-electron chi connectivity index (χ4n) is 4.21. The van der Waals surface area contributed by atoms with Gasteiger partial charge in [-0.05, 0) is 23.5 Å². The zero-order chi connectivity index (χ0) is 25.0. The number of benzene rings is 1. The predicted octanol–water partition coefficient (Wildman–Crippen LogP) is -0.334. The molecule has 1 aliphatic heterocycles. The van der Waals surface area contributed by atoms with E-state index >= 15 is 0 Å². The van der Waals surface area contributed by atoms with Crippen molar-refractivity contribution in [3.8, 4) is 0 Å². The van der Waals surface area contributed by atoms with Crippen LogP contribution in [0, 0.1) is 5.92 Å². The lowest BCUT2D eigenvalue weighted by Gasteiger charge is -2.36. The molecule has 11 nitrogen and oxygen atoms in total. The van der Waals surface area contributed by atoms with Gasteiger partial charge in [0.05, 0.1) is 19.2 Å². The number of ether oxygens (including phenoxy) is 1. The Balaban J connectivity index is 1.97. The van der Waals surface area contributed by atoms with Crippen LogP contribution in [0.3, 0.4) is 0 Å². The van der Waals surface area contributed by atoms with Crippen molar-refractivity contribution in [2.24, 2.45) is 11.7 Å². The van der Waals surface area contributed by atoms with E-state index in [1.165, 1.54) is 16.6 Å². The van der Waals surface area contributed by atoms with Gasteiger partial charge in [0.1, 0.15) is 5.82 Å². The first-order valence-electron chi connectivity index (χ1n) is 11.2. The molecule has 34 heavy (non-hydrogen) atoms. The molecular formula is C23H32N6O5. The van der Waals surface area contributed by atoms with Crippen molar-refractivity contribution < 1.29 is 14.3 Å². The number of amides is 2. The average Bonchev–Trinajstić information content (AvgIpc) is 2.77. The Bertz CT molecular complexity index is 1170. The molecule has 2 aromatic rings. The predicted molar refractivity (Wildman–Crippen MR) is 128 cm³/mol. The molecule has 0 spiro atoms. The van der Waals surface area contributed by atoms with Crippen LogP contribution in [0.25, 0.3) is 0 Å². The normalized spacial score (nSPS) is 15.8. The van der Waals surface area contributed by atoms with Gasteiger partial charge in [0, 0.05) is 26.7 Å². The van der Waals surface area contributed by atoms with Crippen LogP contribution in [0.1, 0.15) is 25.0 Å². The first-order chi connectivity index (χ1) is 16.1. The van der Waals surface area contributed by atoms with Crippen LogP contribution in [0.15, 0.2) is 33.9 Å². The Morgan fingerprint density at radius 1 is 1.24 bits per heavy atom. The molecule has 0 bridgehead atoms. The number of nitrogens with two attached hydrogens (primary N) is 2. The van der Waals surface area contributed by atoms with Crippen LogP contribution in [0.2, 0.25) is 0 Å². The molecule has 2 amide bonds. The molecule has 1 aromatic carbocycles. The first-order valence-corrected chi connectivity index (χ1v) is 11.2. The van der Waals surface area contributed by atoms with E-state index in [1.54, 1.807) is 4.90 Å². The summed E-state index contributed by atoms with van der Waals surface area (Å²) in [6, 6.07) is 7.00. The highest BCUT2D eigenvalue weighted by atomic mass is 16.5. The van der Waals surface area contributed by atoms with Gasteiger partial charge in [-0.25, -0.2) is 4.79 Å². The molecule has 2 heterocycles. The van der Waals surface area contributed by atoms with E-state index in [0.29, 0.717) is 13.0 Å². The van der Waals surface area contributed by atoms with Gasteiger partial charge in [-0.1, -0.05) is 38.1 Å². The average molecular weight is 473 g/mol. The highest BCUT2D eigenvalue weighted by Gasteiger charge is 2.33. The molecule has 11 heteroatoms. The van der Waals surface area contributed by atoms with Crippen molar-refractivity contribution in [1.82, 2.24) is 14.5 Å². The van der Waals surface area contributed by atoms with E-state index in [4.69, 9.17) is 16.2 Å². The van der Waals surface area contributed by atoms with Crippen LogP contribution in [-0.4, -0.2) is 59.1 Å². The minimum Gasteiger partial charge on any atom is -0.383 e. The summed E-state index contributed by atoms with van der Waals surface area (Å²) in [5.41, 5.74) is 12.4. The fourth-order valence-corrected chi connectivity index (χ4v) is 4.21. The van der Waals surface area contributed by atoms with Crippen molar-refractivity contribution in [1.29, 1.82) is 0 Å². The van der Waals surface area contributed by atoms with Gasteiger partial charge in [-0.2, -0.15) is 0 Å². The highest BCUT2D eigenvalue weighted by Crippen LogP contribution is 2.24. The number of rotatable bonds is 9. The number of primary amides is 1. The first kappa shape index (κ1) is 25.2. The van der Waals surface area contributed by atoms with E-state index in [2.05, 4.69) is 4.98 Å². The summed E-state index contributed by atoms with van der Waals surface area (Å²) in [6.45, 7) is 4.43. The van der Waals surface area contributed by atoms with Gasteiger partial charge >= 0.3 is 5.69 Å². The molecule has 3 rings (SSSR count). The van der Waals surface area contributed by atoms with Gasteiger partial charge < -0.3 is 21.1 Å². The number of nitrogens with one attached hydrogen (secondary N) is 1. The number of aromatic nitrogens is 2. The molecule has 1 aliphatic rings. The fraction of sp³-hybridized carbons (Fsp3) is 0.478. The van der Waals surface area contributed by atoms with Gasteiger partial charge in [0.25, 0.3) is 5.56 Å². The number of hydrogen-bond acceptors (Lipinski definition) is 7. The zero-order valence-electron chi connectivity index (χ0n) is 19.7. The van der Waals surface area contributed by atoms with Crippen LogP contribution in [-0.2, 0) is 33.8 Å². The monoisotopic (exact) mass is 472 g/mol. The van der Waals surface area contributed by atoms with Crippen molar-refractivity contribution in [3.63, 3.8) is 0 Å². The van der Waals surface area contributed by atoms with E-state index in [9.17, 15) is 19.2 Å². The number of nitrogen functional groups attached to an aromatic ring is 1. The molecular weight excluding hydrogens is 440 g/mol. The SMILES string of the molecule is COCCN(C(=O)CN1Cc2ccccc2C[C@H]1C(N)=O)c1c(N)n(CC(C)C)c(=O)[nH]c1=O. The number of hydrogen-bond donors (Lipinski definition) is 3. The highest BCUT2D eigenvalue weighted by molar-refractivity contribution is 5.97. The Labute approximate surface area is 197 Å². The summed E-state index contributed by atoms with van der Waals surface area (Å²) in [5, 5.41) is 0. The number of carbonyl (C=O) groups excluding carboxylic acids is 2. The second-order valence-corrected chi connectivity index (χ2v) is 8.83. The number of aromatic amines is 1. The standard InChI is InChI=1S/C23H32N6O5/c1-14(2)11-29-20(24)19(22(32)26-23(29)33)28(8-9-34-3)18(30)13-27-12-16-7-5-4-6-15(16)10-17(27)21(25)31/h4-7,14,17H,8-13,24H2,1-3H3,(H2,25,31)(H,26,32,33)/t17-/m0/s1. The van der Waals surface area contributed by atoms with Crippen LogP contribution in [0.5, 0.6) is 0 Å². The molecule has 0 radical (unpaired) electrons. The molecule has 184 valence electrons. The lowest BCUT2D eigenvalue weighted by molar-refractivity contribution is -0.126. The molecule has 1 atom stereocenters. The Kier molecular flexibility index (Phi) is 7.90. The maximum Gasteiger partial charge on any atom is 0.330 e. The maximum absolute atomic E-state index is 13.5. The second kappa shape index (κ2) is 10.7.